The number of amides is 1. The van der Waals surface area contributed by atoms with Crippen molar-refractivity contribution in [3.63, 3.8) is 0 Å². The normalized spacial score (nSPS) is 17.0. The summed E-state index contributed by atoms with van der Waals surface area (Å²) in [5.74, 6) is 0.808. The summed E-state index contributed by atoms with van der Waals surface area (Å²) in [4.78, 5) is 14.3. The van der Waals surface area contributed by atoms with E-state index in [1.807, 2.05) is 12.1 Å². The fourth-order valence-corrected chi connectivity index (χ4v) is 3.45. The molecule has 2 aromatic rings. The number of nitrogens with one attached hydrogen (secondary N) is 1. The van der Waals surface area contributed by atoms with Crippen LogP contribution in [0.1, 0.15) is 28.8 Å². The number of carbonyl (C=O) groups is 1. The van der Waals surface area contributed by atoms with Gasteiger partial charge in [-0.15, -0.1) is 0 Å². The number of nitrogens with zero attached hydrogens (tertiary/aromatic N) is 1. The van der Waals surface area contributed by atoms with Gasteiger partial charge < -0.3 is 19.7 Å². The molecule has 5 nitrogen and oxygen atoms in total. The van der Waals surface area contributed by atoms with Crippen LogP contribution in [0.5, 0.6) is 11.5 Å². The van der Waals surface area contributed by atoms with Gasteiger partial charge in [0.25, 0.3) is 5.91 Å². The highest BCUT2D eigenvalue weighted by molar-refractivity contribution is 5.94. The molecule has 0 radical (unpaired) electrons. The average molecular weight is 408 g/mol. The van der Waals surface area contributed by atoms with Gasteiger partial charge in [0.15, 0.2) is 11.5 Å². The number of piperidine rings is 1. The SMILES string of the molecule is COc1ccc(N[C@H]2CCCN(C(=O)c3cccc(C(F)(F)F)c3)C2)cc1OC. The molecule has 1 atom stereocenters. The maximum absolute atomic E-state index is 12.9. The van der Waals surface area contributed by atoms with Crippen LogP contribution in [-0.4, -0.2) is 44.2 Å². The van der Waals surface area contributed by atoms with Gasteiger partial charge in [0.05, 0.1) is 19.8 Å². The lowest BCUT2D eigenvalue weighted by Gasteiger charge is -2.34. The predicted molar refractivity (Wildman–Crippen MR) is 104 cm³/mol. The van der Waals surface area contributed by atoms with Crippen molar-refractivity contribution in [3.8, 4) is 11.5 Å². The second-order valence-corrected chi connectivity index (χ2v) is 6.88. The Morgan fingerprint density at radius 2 is 1.86 bits per heavy atom. The van der Waals surface area contributed by atoms with Gasteiger partial charge in [-0.3, -0.25) is 4.79 Å². The summed E-state index contributed by atoms with van der Waals surface area (Å²) >= 11 is 0. The molecule has 1 heterocycles. The molecule has 29 heavy (non-hydrogen) atoms. The summed E-state index contributed by atoms with van der Waals surface area (Å²) < 4.78 is 49.3. The number of ether oxygens (including phenoxy) is 2. The van der Waals surface area contributed by atoms with Crippen molar-refractivity contribution in [3.05, 3.63) is 53.6 Å². The zero-order chi connectivity index (χ0) is 21.0. The fourth-order valence-electron chi connectivity index (χ4n) is 3.45. The van der Waals surface area contributed by atoms with Crippen LogP contribution in [0.4, 0.5) is 18.9 Å². The van der Waals surface area contributed by atoms with Crippen LogP contribution in [0.15, 0.2) is 42.5 Å². The highest BCUT2D eigenvalue weighted by atomic mass is 19.4. The molecular formula is C21H23F3N2O3. The van der Waals surface area contributed by atoms with Crippen molar-refractivity contribution in [1.29, 1.82) is 0 Å². The van der Waals surface area contributed by atoms with Gasteiger partial charge in [-0.1, -0.05) is 6.07 Å². The van der Waals surface area contributed by atoms with E-state index in [0.717, 1.165) is 30.7 Å². The zero-order valence-corrected chi connectivity index (χ0v) is 16.3. The summed E-state index contributed by atoms with van der Waals surface area (Å²) in [6.07, 6.45) is -2.87. The van der Waals surface area contributed by atoms with Gasteiger partial charge >= 0.3 is 6.18 Å². The summed E-state index contributed by atoms with van der Waals surface area (Å²) in [6.45, 7) is 0.919. The summed E-state index contributed by atoms with van der Waals surface area (Å²) in [5, 5.41) is 3.37. The Hall–Kier alpha value is -2.90. The van der Waals surface area contributed by atoms with Crippen LogP contribution in [-0.2, 0) is 6.18 Å². The lowest BCUT2D eigenvalue weighted by Crippen LogP contribution is -2.45. The van der Waals surface area contributed by atoms with Crippen LogP contribution in [0.2, 0.25) is 0 Å². The lowest BCUT2D eigenvalue weighted by molar-refractivity contribution is -0.137. The number of halogens is 3. The first-order valence-electron chi connectivity index (χ1n) is 9.27. The molecule has 2 aromatic carbocycles. The second-order valence-electron chi connectivity index (χ2n) is 6.88. The van der Waals surface area contributed by atoms with Gasteiger partial charge in [-0.2, -0.15) is 13.2 Å². The van der Waals surface area contributed by atoms with Crippen molar-refractivity contribution in [2.45, 2.75) is 25.1 Å². The van der Waals surface area contributed by atoms with Crippen molar-refractivity contribution >= 4 is 11.6 Å². The van der Waals surface area contributed by atoms with E-state index in [-0.39, 0.29) is 11.6 Å². The van der Waals surface area contributed by atoms with E-state index >= 15 is 0 Å². The van der Waals surface area contributed by atoms with E-state index in [4.69, 9.17) is 9.47 Å². The number of rotatable bonds is 5. The summed E-state index contributed by atoms with van der Waals surface area (Å²) in [6, 6.07) is 10.00. The molecule has 0 spiro atoms. The zero-order valence-electron chi connectivity index (χ0n) is 16.3. The van der Waals surface area contributed by atoms with Gasteiger partial charge in [-0.25, -0.2) is 0 Å². The van der Waals surface area contributed by atoms with Crippen LogP contribution in [0.25, 0.3) is 0 Å². The molecule has 0 bridgehead atoms. The smallest absolute Gasteiger partial charge is 0.416 e. The minimum absolute atomic E-state index is 0.0170. The first-order chi connectivity index (χ1) is 13.8. The Bertz CT molecular complexity index is 870. The van der Waals surface area contributed by atoms with Crippen molar-refractivity contribution in [2.24, 2.45) is 0 Å². The quantitative estimate of drug-likeness (QED) is 0.795. The van der Waals surface area contributed by atoms with Crippen molar-refractivity contribution in [1.82, 2.24) is 4.90 Å². The van der Waals surface area contributed by atoms with E-state index in [2.05, 4.69) is 5.32 Å². The van der Waals surface area contributed by atoms with Crippen LogP contribution in [0.3, 0.4) is 0 Å². The molecule has 1 aliphatic rings. The molecule has 1 N–H and O–H groups in total. The predicted octanol–water partition coefficient (Wildman–Crippen LogP) is 4.44. The third-order valence-corrected chi connectivity index (χ3v) is 4.90. The van der Waals surface area contributed by atoms with E-state index in [1.54, 1.807) is 25.2 Å². The molecule has 0 aliphatic carbocycles. The van der Waals surface area contributed by atoms with Gasteiger partial charge in [0, 0.05) is 36.4 Å². The van der Waals surface area contributed by atoms with E-state index in [1.165, 1.54) is 12.1 Å². The maximum Gasteiger partial charge on any atom is 0.416 e. The first-order valence-corrected chi connectivity index (χ1v) is 9.27. The monoisotopic (exact) mass is 408 g/mol. The Morgan fingerprint density at radius 1 is 1.10 bits per heavy atom. The molecule has 1 aliphatic heterocycles. The summed E-state index contributed by atoms with van der Waals surface area (Å²) in [5.41, 5.74) is 0.0490. The Kier molecular flexibility index (Phi) is 6.20. The average Bonchev–Trinajstić information content (AvgIpc) is 2.72. The molecule has 1 fully saturated rings. The third-order valence-electron chi connectivity index (χ3n) is 4.90. The number of likely N-dealkylation sites (tertiary alicyclic amines) is 1. The fraction of sp³-hybridized carbons (Fsp3) is 0.381. The molecular weight excluding hydrogens is 385 g/mol. The minimum atomic E-state index is -4.48. The maximum atomic E-state index is 12.9. The molecule has 1 saturated heterocycles. The molecule has 156 valence electrons. The number of alkyl halides is 3. The molecule has 1 amide bonds. The number of benzene rings is 2. The lowest BCUT2D eigenvalue weighted by atomic mass is 10.0. The van der Waals surface area contributed by atoms with Gasteiger partial charge in [-0.05, 0) is 43.2 Å². The number of carbonyl (C=O) groups excluding carboxylic acids is 1. The molecule has 8 heteroatoms. The molecule has 0 unspecified atom stereocenters. The van der Waals surface area contributed by atoms with Crippen molar-refractivity contribution < 1.29 is 27.4 Å². The Labute approximate surface area is 167 Å². The molecule has 3 rings (SSSR count). The summed E-state index contributed by atoms with van der Waals surface area (Å²) in [7, 11) is 3.11. The number of hydrogen-bond acceptors (Lipinski definition) is 4. The van der Waals surface area contributed by atoms with Crippen LogP contribution in [0, 0.1) is 0 Å². The Balaban J connectivity index is 1.70. The minimum Gasteiger partial charge on any atom is -0.493 e. The van der Waals surface area contributed by atoms with Gasteiger partial charge in [0.2, 0.25) is 0 Å². The third kappa shape index (κ3) is 4.93. The topological polar surface area (TPSA) is 50.8 Å². The van der Waals surface area contributed by atoms with Crippen LogP contribution < -0.4 is 14.8 Å². The number of anilines is 1. The Morgan fingerprint density at radius 3 is 2.55 bits per heavy atom. The van der Waals surface area contributed by atoms with Crippen molar-refractivity contribution in [2.75, 3.05) is 32.6 Å². The molecule has 0 aromatic heterocycles. The van der Waals surface area contributed by atoms with Gasteiger partial charge in [0.1, 0.15) is 0 Å². The second kappa shape index (κ2) is 8.63. The van der Waals surface area contributed by atoms with E-state index < -0.39 is 17.6 Å². The largest absolute Gasteiger partial charge is 0.493 e. The highest BCUT2D eigenvalue weighted by Crippen LogP contribution is 2.31. The van der Waals surface area contributed by atoms with Crippen LogP contribution >= 0.6 is 0 Å². The molecule has 0 saturated carbocycles. The van der Waals surface area contributed by atoms with E-state index in [0.29, 0.717) is 24.6 Å². The highest BCUT2D eigenvalue weighted by Gasteiger charge is 2.32. The standard InChI is InChI=1S/C21H23F3N2O3/c1-28-18-9-8-16(12-19(18)29-2)25-17-7-4-10-26(13-17)20(27)14-5-3-6-15(11-14)21(22,23)24/h3,5-6,8-9,11-12,17,25H,4,7,10,13H2,1-2H3/t17-/m0/s1. The number of methoxy groups -OCH3 is 2. The van der Waals surface area contributed by atoms with E-state index in [9.17, 15) is 18.0 Å². The first kappa shape index (κ1) is 20.8. The number of hydrogen-bond donors (Lipinski definition) is 1.